The van der Waals surface area contributed by atoms with Gasteiger partial charge in [-0.1, -0.05) is 36.4 Å². The summed E-state index contributed by atoms with van der Waals surface area (Å²) in [6.45, 7) is 6.79. The number of halogens is 2. The quantitative estimate of drug-likeness (QED) is 0.350. The normalized spacial score (nSPS) is 14.9. The monoisotopic (exact) mass is 518 g/mol. The largest absolute Gasteiger partial charge is 0.488 e. The lowest BCUT2D eigenvalue weighted by Crippen LogP contribution is -2.40. The molecular formula is C28H36Cl2N2O3. The van der Waals surface area contributed by atoms with Crippen LogP contribution in [0.25, 0.3) is 0 Å². The van der Waals surface area contributed by atoms with Crippen molar-refractivity contribution in [3.8, 4) is 17.2 Å². The summed E-state index contributed by atoms with van der Waals surface area (Å²) in [6, 6.07) is 22.2. The Morgan fingerprint density at radius 1 is 0.943 bits per heavy atom. The van der Waals surface area contributed by atoms with Crippen LogP contribution in [-0.4, -0.2) is 42.4 Å². The molecule has 0 bridgehead atoms. The summed E-state index contributed by atoms with van der Waals surface area (Å²) < 4.78 is 11.8. The number of nitrogen functional groups attached to an aromatic ring is 1. The van der Waals surface area contributed by atoms with E-state index in [4.69, 9.17) is 15.2 Å². The maximum absolute atomic E-state index is 10.5. The fraction of sp³-hybridized carbons (Fsp3) is 0.357. The predicted molar refractivity (Wildman–Crippen MR) is 148 cm³/mol. The number of hydrogen-bond donors (Lipinski definition) is 2. The molecule has 1 fully saturated rings. The number of aliphatic hydroxyl groups is 1. The summed E-state index contributed by atoms with van der Waals surface area (Å²) in [5, 5.41) is 10.5. The number of hydrogen-bond acceptors (Lipinski definition) is 5. The Balaban J connectivity index is 0.00000216. The fourth-order valence-electron chi connectivity index (χ4n) is 4.60. The molecule has 3 N–H and O–H groups in total. The van der Waals surface area contributed by atoms with E-state index >= 15 is 0 Å². The van der Waals surface area contributed by atoms with Crippen molar-refractivity contribution in [2.24, 2.45) is 0 Å². The van der Waals surface area contributed by atoms with Crippen molar-refractivity contribution < 1.29 is 14.6 Å². The van der Waals surface area contributed by atoms with Gasteiger partial charge in [0.1, 0.15) is 30.0 Å². The number of rotatable bonds is 8. The van der Waals surface area contributed by atoms with Crippen molar-refractivity contribution in [3.63, 3.8) is 0 Å². The molecule has 1 heterocycles. The van der Waals surface area contributed by atoms with E-state index in [0.29, 0.717) is 23.9 Å². The Kier molecular flexibility index (Phi) is 11.2. The molecule has 4 rings (SSSR count). The van der Waals surface area contributed by atoms with E-state index in [1.165, 1.54) is 5.56 Å². The first-order valence-electron chi connectivity index (χ1n) is 11.7. The topological polar surface area (TPSA) is 68.0 Å². The number of ether oxygens (including phenoxy) is 2. The highest BCUT2D eigenvalue weighted by molar-refractivity contribution is 5.85. The van der Waals surface area contributed by atoms with E-state index in [1.54, 1.807) is 0 Å². The SMILES string of the molecule is Cc1cc(C)c(OC[C@@H](O)CN2CCC(c3ccc(Oc4ccccc4)cc3)CC2)c(N)c1.Cl.Cl. The Morgan fingerprint density at radius 3 is 2.20 bits per heavy atom. The smallest absolute Gasteiger partial charge is 0.145 e. The first kappa shape index (κ1) is 28.8. The van der Waals surface area contributed by atoms with Gasteiger partial charge in [-0.15, -0.1) is 24.8 Å². The van der Waals surface area contributed by atoms with Gasteiger partial charge in [0.05, 0.1) is 5.69 Å². The molecule has 190 valence electrons. The van der Waals surface area contributed by atoms with Crippen LogP contribution in [-0.2, 0) is 0 Å². The average Bonchev–Trinajstić information content (AvgIpc) is 2.80. The molecule has 0 spiro atoms. The van der Waals surface area contributed by atoms with Crippen molar-refractivity contribution in [2.75, 3.05) is 32.0 Å². The maximum atomic E-state index is 10.5. The van der Waals surface area contributed by atoms with Crippen LogP contribution in [0.1, 0.15) is 35.4 Å². The van der Waals surface area contributed by atoms with E-state index < -0.39 is 6.10 Å². The lowest BCUT2D eigenvalue weighted by Gasteiger charge is -2.33. The van der Waals surface area contributed by atoms with Crippen LogP contribution in [0.3, 0.4) is 0 Å². The van der Waals surface area contributed by atoms with Crippen LogP contribution in [0.4, 0.5) is 5.69 Å². The van der Waals surface area contributed by atoms with Crippen molar-refractivity contribution in [3.05, 3.63) is 83.4 Å². The van der Waals surface area contributed by atoms with Crippen molar-refractivity contribution in [2.45, 2.75) is 38.7 Å². The standard InChI is InChI=1S/C28H34N2O3.2ClH/c1-20-16-21(2)28(27(29)17-20)32-19-24(31)18-30-14-12-23(13-15-30)22-8-10-26(11-9-22)33-25-6-4-3-5-7-25;;/h3-11,16-17,23-24,31H,12-15,18-19,29H2,1-2H3;2*1H/t24-;;/m0../s1. The van der Waals surface area contributed by atoms with Crippen LogP contribution in [0.5, 0.6) is 17.2 Å². The number of benzene rings is 3. The van der Waals surface area contributed by atoms with Crippen LogP contribution < -0.4 is 15.2 Å². The lowest BCUT2D eigenvalue weighted by atomic mass is 9.89. The third kappa shape index (κ3) is 8.04. The molecule has 1 aliphatic heterocycles. The van der Waals surface area contributed by atoms with Crippen molar-refractivity contribution in [1.82, 2.24) is 4.90 Å². The zero-order chi connectivity index (χ0) is 23.2. The number of β-amino-alcohol motifs (C(OH)–C–C–N with tert-alkyl or cyclic N) is 1. The number of para-hydroxylation sites is 1. The molecular weight excluding hydrogens is 483 g/mol. The zero-order valence-electron chi connectivity index (χ0n) is 20.4. The van der Waals surface area contributed by atoms with Crippen molar-refractivity contribution >= 4 is 30.5 Å². The van der Waals surface area contributed by atoms with E-state index in [9.17, 15) is 5.11 Å². The highest BCUT2D eigenvalue weighted by Crippen LogP contribution is 2.31. The van der Waals surface area contributed by atoms with Gasteiger partial charge in [0.2, 0.25) is 0 Å². The third-order valence-corrected chi connectivity index (χ3v) is 6.25. The van der Waals surface area contributed by atoms with Crippen LogP contribution in [0.2, 0.25) is 0 Å². The molecule has 0 unspecified atom stereocenters. The number of aliphatic hydroxyl groups excluding tert-OH is 1. The summed E-state index contributed by atoms with van der Waals surface area (Å²) in [5.41, 5.74) is 10.2. The lowest BCUT2D eigenvalue weighted by molar-refractivity contribution is 0.0595. The summed E-state index contributed by atoms with van der Waals surface area (Å²) in [5.74, 6) is 2.92. The highest BCUT2D eigenvalue weighted by Gasteiger charge is 2.22. The molecule has 3 aromatic carbocycles. The van der Waals surface area contributed by atoms with E-state index in [2.05, 4.69) is 29.2 Å². The Labute approximate surface area is 221 Å². The van der Waals surface area contributed by atoms with Gasteiger partial charge in [-0.05, 0) is 92.7 Å². The molecule has 1 aliphatic rings. The highest BCUT2D eigenvalue weighted by atomic mass is 35.5. The van der Waals surface area contributed by atoms with E-state index in [1.807, 2.05) is 56.3 Å². The second kappa shape index (κ2) is 13.6. The number of nitrogens with two attached hydrogens (primary N) is 1. The van der Waals surface area contributed by atoms with Gasteiger partial charge in [0, 0.05) is 6.54 Å². The van der Waals surface area contributed by atoms with E-state index in [-0.39, 0.29) is 31.4 Å². The van der Waals surface area contributed by atoms with Crippen molar-refractivity contribution in [1.29, 1.82) is 0 Å². The number of piperidine rings is 1. The minimum Gasteiger partial charge on any atom is -0.488 e. The molecule has 1 atom stereocenters. The van der Waals surface area contributed by atoms with Gasteiger partial charge in [-0.2, -0.15) is 0 Å². The predicted octanol–water partition coefficient (Wildman–Crippen LogP) is 6.14. The molecule has 0 amide bonds. The van der Waals surface area contributed by atoms with Gasteiger partial charge in [-0.3, -0.25) is 0 Å². The molecule has 5 nitrogen and oxygen atoms in total. The number of likely N-dealkylation sites (tertiary alicyclic amines) is 1. The van der Waals surface area contributed by atoms with Gasteiger partial charge >= 0.3 is 0 Å². The molecule has 0 aliphatic carbocycles. The number of anilines is 1. The zero-order valence-corrected chi connectivity index (χ0v) is 22.0. The Morgan fingerprint density at radius 2 is 1.57 bits per heavy atom. The van der Waals surface area contributed by atoms with E-state index in [0.717, 1.165) is 48.6 Å². The summed E-state index contributed by atoms with van der Waals surface area (Å²) in [7, 11) is 0. The second-order valence-electron chi connectivity index (χ2n) is 9.02. The maximum Gasteiger partial charge on any atom is 0.145 e. The Hall–Kier alpha value is -2.44. The minimum atomic E-state index is -0.545. The van der Waals surface area contributed by atoms with Crippen LogP contribution in [0.15, 0.2) is 66.7 Å². The van der Waals surface area contributed by atoms with Gasteiger partial charge < -0.3 is 25.2 Å². The second-order valence-corrected chi connectivity index (χ2v) is 9.02. The minimum absolute atomic E-state index is 0. The molecule has 3 aromatic rings. The summed E-state index contributed by atoms with van der Waals surface area (Å²) in [6.07, 6.45) is 1.61. The molecule has 0 radical (unpaired) electrons. The van der Waals surface area contributed by atoms with Gasteiger partial charge in [-0.25, -0.2) is 0 Å². The summed E-state index contributed by atoms with van der Waals surface area (Å²) in [4.78, 5) is 2.32. The molecule has 7 heteroatoms. The van der Waals surface area contributed by atoms with Crippen LogP contribution in [0, 0.1) is 13.8 Å². The molecule has 0 aromatic heterocycles. The molecule has 35 heavy (non-hydrogen) atoms. The summed E-state index contributed by atoms with van der Waals surface area (Å²) >= 11 is 0. The van der Waals surface area contributed by atoms with Crippen LogP contribution >= 0.6 is 24.8 Å². The first-order chi connectivity index (χ1) is 16.0. The first-order valence-corrected chi connectivity index (χ1v) is 11.7. The third-order valence-electron chi connectivity index (χ3n) is 6.25. The van der Waals surface area contributed by atoms with Gasteiger partial charge in [0.15, 0.2) is 0 Å². The van der Waals surface area contributed by atoms with Gasteiger partial charge in [0.25, 0.3) is 0 Å². The number of aryl methyl sites for hydroxylation is 2. The Bertz CT molecular complexity index is 1020. The molecule has 1 saturated heterocycles. The fourth-order valence-corrected chi connectivity index (χ4v) is 4.60. The molecule has 0 saturated carbocycles. The number of nitrogens with zero attached hydrogens (tertiary/aromatic N) is 1. The average molecular weight is 520 g/mol.